The molecule has 5 nitrogen and oxygen atoms in total. The number of nitrogens with one attached hydrogen (secondary N) is 1. The minimum atomic E-state index is -3.86. The summed E-state index contributed by atoms with van der Waals surface area (Å²) < 4.78 is 36.2. The zero-order valence-electron chi connectivity index (χ0n) is 10.5. The maximum absolute atomic E-state index is 13.5. The first-order valence-electron chi connectivity index (χ1n) is 5.67. The molecular formula is C13H10BrFN2O3S. The summed E-state index contributed by atoms with van der Waals surface area (Å²) in [6.45, 7) is 0. The molecule has 110 valence electrons. The molecule has 0 heterocycles. The van der Waals surface area contributed by atoms with E-state index in [4.69, 9.17) is 5.14 Å². The van der Waals surface area contributed by atoms with Crippen molar-refractivity contribution in [1.29, 1.82) is 0 Å². The zero-order valence-corrected chi connectivity index (χ0v) is 12.9. The standard InChI is InChI=1S/C13H10BrFN2O3S/c14-10-7-8(5-6-12(10)21(16,19)20)17-13(18)9-3-1-2-4-11(9)15/h1-7H,(H,17,18)(H2,16,19,20). The van der Waals surface area contributed by atoms with E-state index in [0.717, 1.165) is 0 Å². The Bertz CT molecular complexity index is 809. The van der Waals surface area contributed by atoms with Gasteiger partial charge in [-0.25, -0.2) is 17.9 Å². The van der Waals surface area contributed by atoms with Crippen LogP contribution in [0.2, 0.25) is 0 Å². The van der Waals surface area contributed by atoms with E-state index < -0.39 is 21.7 Å². The average molecular weight is 373 g/mol. The number of rotatable bonds is 3. The highest BCUT2D eigenvalue weighted by Crippen LogP contribution is 2.25. The second-order valence-corrected chi connectivity index (χ2v) is 6.51. The summed E-state index contributed by atoms with van der Waals surface area (Å²) in [7, 11) is -3.86. The monoisotopic (exact) mass is 372 g/mol. The first-order valence-corrected chi connectivity index (χ1v) is 8.01. The van der Waals surface area contributed by atoms with E-state index in [9.17, 15) is 17.6 Å². The molecule has 2 aromatic rings. The molecule has 0 aliphatic carbocycles. The van der Waals surface area contributed by atoms with Crippen LogP contribution in [0.1, 0.15) is 10.4 Å². The van der Waals surface area contributed by atoms with Crippen LogP contribution in [0, 0.1) is 5.82 Å². The molecule has 0 spiro atoms. The fourth-order valence-electron chi connectivity index (χ4n) is 1.65. The Kier molecular flexibility index (Phi) is 4.40. The van der Waals surface area contributed by atoms with Crippen LogP contribution in [0.25, 0.3) is 0 Å². The van der Waals surface area contributed by atoms with Crippen molar-refractivity contribution < 1.29 is 17.6 Å². The Labute approximate surface area is 129 Å². The Morgan fingerprint density at radius 2 is 1.86 bits per heavy atom. The number of hydrogen-bond acceptors (Lipinski definition) is 3. The van der Waals surface area contributed by atoms with E-state index in [1.165, 1.54) is 42.5 Å². The van der Waals surface area contributed by atoms with Gasteiger partial charge < -0.3 is 5.32 Å². The van der Waals surface area contributed by atoms with Gasteiger partial charge in [-0.15, -0.1) is 0 Å². The highest BCUT2D eigenvalue weighted by molar-refractivity contribution is 9.10. The third-order valence-electron chi connectivity index (χ3n) is 2.61. The van der Waals surface area contributed by atoms with Crippen molar-refractivity contribution >= 4 is 37.5 Å². The molecule has 2 aromatic carbocycles. The van der Waals surface area contributed by atoms with Crippen molar-refractivity contribution in [3.8, 4) is 0 Å². The van der Waals surface area contributed by atoms with Gasteiger partial charge in [-0.3, -0.25) is 4.79 Å². The zero-order chi connectivity index (χ0) is 15.6. The van der Waals surface area contributed by atoms with E-state index in [2.05, 4.69) is 21.2 Å². The van der Waals surface area contributed by atoms with Crippen molar-refractivity contribution in [3.05, 3.63) is 58.3 Å². The second kappa shape index (κ2) is 5.92. The topological polar surface area (TPSA) is 89.3 Å². The molecule has 1 amide bonds. The highest BCUT2D eigenvalue weighted by Gasteiger charge is 2.15. The molecule has 0 saturated carbocycles. The predicted molar refractivity (Wildman–Crippen MR) is 79.9 cm³/mol. The van der Waals surface area contributed by atoms with Crippen LogP contribution in [-0.2, 0) is 10.0 Å². The van der Waals surface area contributed by atoms with E-state index in [1.807, 2.05) is 0 Å². The first kappa shape index (κ1) is 15.6. The normalized spacial score (nSPS) is 11.2. The van der Waals surface area contributed by atoms with Crippen molar-refractivity contribution in [1.82, 2.24) is 0 Å². The van der Waals surface area contributed by atoms with Crippen LogP contribution < -0.4 is 10.5 Å². The third kappa shape index (κ3) is 3.66. The number of halogens is 2. The molecule has 3 N–H and O–H groups in total. The molecule has 0 bridgehead atoms. The lowest BCUT2D eigenvalue weighted by atomic mass is 10.2. The summed E-state index contributed by atoms with van der Waals surface area (Å²) in [6, 6.07) is 9.52. The predicted octanol–water partition coefficient (Wildman–Crippen LogP) is 2.49. The molecule has 0 saturated heterocycles. The first-order chi connectivity index (χ1) is 9.79. The molecule has 21 heavy (non-hydrogen) atoms. The quantitative estimate of drug-likeness (QED) is 0.866. The Morgan fingerprint density at radius 1 is 1.19 bits per heavy atom. The largest absolute Gasteiger partial charge is 0.322 e. The van der Waals surface area contributed by atoms with Crippen molar-refractivity contribution in [2.75, 3.05) is 5.32 Å². The van der Waals surface area contributed by atoms with E-state index in [0.29, 0.717) is 5.69 Å². The van der Waals surface area contributed by atoms with Gasteiger partial charge >= 0.3 is 0 Å². The fourth-order valence-corrected chi connectivity index (χ4v) is 3.30. The molecule has 0 aromatic heterocycles. The minimum absolute atomic E-state index is 0.105. The lowest BCUT2D eigenvalue weighted by Crippen LogP contribution is -2.15. The van der Waals surface area contributed by atoms with E-state index >= 15 is 0 Å². The number of benzene rings is 2. The van der Waals surface area contributed by atoms with Crippen LogP contribution in [0.4, 0.5) is 10.1 Å². The number of amides is 1. The Hall–Kier alpha value is -1.77. The summed E-state index contributed by atoms with van der Waals surface area (Å²) in [5, 5.41) is 7.50. The van der Waals surface area contributed by atoms with Gasteiger partial charge in [0.15, 0.2) is 0 Å². The van der Waals surface area contributed by atoms with Gasteiger partial charge in [0, 0.05) is 10.2 Å². The molecule has 0 aliphatic rings. The number of sulfonamides is 1. The lowest BCUT2D eigenvalue weighted by molar-refractivity contribution is 0.102. The molecule has 0 fully saturated rings. The summed E-state index contributed by atoms with van der Waals surface area (Å²) in [5.41, 5.74) is 0.201. The van der Waals surface area contributed by atoms with Crippen molar-refractivity contribution in [3.63, 3.8) is 0 Å². The van der Waals surface area contributed by atoms with Gasteiger partial charge in [0.25, 0.3) is 5.91 Å². The summed E-state index contributed by atoms with van der Waals surface area (Å²) in [4.78, 5) is 11.8. The average Bonchev–Trinajstić information content (AvgIpc) is 2.37. The maximum atomic E-state index is 13.5. The van der Waals surface area contributed by atoms with Gasteiger partial charge in [0.1, 0.15) is 5.82 Å². The number of carbonyl (C=O) groups excluding carboxylic acids is 1. The fraction of sp³-hybridized carbons (Fsp3) is 0. The second-order valence-electron chi connectivity index (χ2n) is 4.12. The number of anilines is 1. The third-order valence-corrected chi connectivity index (χ3v) is 4.50. The van der Waals surface area contributed by atoms with Gasteiger partial charge in [-0.1, -0.05) is 12.1 Å². The number of hydrogen-bond donors (Lipinski definition) is 2. The van der Waals surface area contributed by atoms with Gasteiger partial charge in [0.05, 0.1) is 10.5 Å². The number of nitrogens with two attached hydrogens (primary N) is 1. The Morgan fingerprint density at radius 3 is 2.43 bits per heavy atom. The van der Waals surface area contributed by atoms with E-state index in [1.54, 1.807) is 0 Å². The van der Waals surface area contributed by atoms with Crippen LogP contribution >= 0.6 is 15.9 Å². The van der Waals surface area contributed by atoms with E-state index in [-0.39, 0.29) is 14.9 Å². The summed E-state index contributed by atoms with van der Waals surface area (Å²) in [6.07, 6.45) is 0. The SMILES string of the molecule is NS(=O)(=O)c1ccc(NC(=O)c2ccccc2F)cc1Br. The van der Waals surface area contributed by atoms with Crippen LogP contribution in [0.5, 0.6) is 0 Å². The molecule has 2 rings (SSSR count). The number of carbonyl (C=O) groups is 1. The summed E-state index contributed by atoms with van der Waals surface area (Å²) >= 11 is 3.06. The lowest BCUT2D eigenvalue weighted by Gasteiger charge is -2.08. The van der Waals surface area contributed by atoms with Gasteiger partial charge in [-0.05, 0) is 46.3 Å². The molecule has 0 aliphatic heterocycles. The molecular weight excluding hydrogens is 363 g/mol. The molecule has 8 heteroatoms. The molecule has 0 atom stereocenters. The van der Waals surface area contributed by atoms with Gasteiger partial charge in [0.2, 0.25) is 10.0 Å². The number of primary sulfonamides is 1. The maximum Gasteiger partial charge on any atom is 0.258 e. The molecule has 0 unspecified atom stereocenters. The summed E-state index contributed by atoms with van der Waals surface area (Å²) in [5.74, 6) is -1.28. The van der Waals surface area contributed by atoms with Gasteiger partial charge in [-0.2, -0.15) is 0 Å². The van der Waals surface area contributed by atoms with Crippen LogP contribution in [0.15, 0.2) is 51.8 Å². The van der Waals surface area contributed by atoms with Crippen LogP contribution in [0.3, 0.4) is 0 Å². The van der Waals surface area contributed by atoms with Crippen molar-refractivity contribution in [2.24, 2.45) is 5.14 Å². The minimum Gasteiger partial charge on any atom is -0.322 e. The van der Waals surface area contributed by atoms with Crippen LogP contribution in [-0.4, -0.2) is 14.3 Å². The van der Waals surface area contributed by atoms with Crippen molar-refractivity contribution in [2.45, 2.75) is 4.90 Å². The smallest absolute Gasteiger partial charge is 0.258 e. The molecule has 0 radical (unpaired) electrons. The Balaban J connectivity index is 2.27. The highest BCUT2D eigenvalue weighted by atomic mass is 79.9.